The second-order valence-corrected chi connectivity index (χ2v) is 5.92. The van der Waals surface area contributed by atoms with E-state index in [1.807, 2.05) is 42.5 Å². The van der Waals surface area contributed by atoms with Gasteiger partial charge in [0, 0.05) is 24.0 Å². The minimum Gasteiger partial charge on any atom is -0.384 e. The van der Waals surface area contributed by atoms with E-state index in [-0.39, 0.29) is 10.7 Å². The van der Waals surface area contributed by atoms with Crippen LogP contribution < -0.4 is 5.32 Å². The van der Waals surface area contributed by atoms with Gasteiger partial charge in [0.1, 0.15) is 0 Å². The maximum absolute atomic E-state index is 12.2. The van der Waals surface area contributed by atoms with Gasteiger partial charge in [-0.3, -0.25) is 4.79 Å². The molecular weight excluding hydrogens is 318 g/mol. The Hall–Kier alpha value is -1.39. The largest absolute Gasteiger partial charge is 0.384 e. The number of alkyl halides is 1. The van der Waals surface area contributed by atoms with Crippen LogP contribution in [0.3, 0.4) is 0 Å². The van der Waals surface area contributed by atoms with Crippen molar-refractivity contribution in [3.63, 3.8) is 0 Å². The maximum atomic E-state index is 12.2. The molecule has 0 fully saturated rings. The lowest BCUT2D eigenvalue weighted by Crippen LogP contribution is -2.27. The van der Waals surface area contributed by atoms with Gasteiger partial charge in [-0.05, 0) is 23.3 Å². The molecule has 0 aliphatic carbocycles. The Kier molecular flexibility index (Phi) is 5.56. The number of amides is 1. The molecule has 1 unspecified atom stereocenters. The Bertz CT molecular complexity index is 580. The van der Waals surface area contributed by atoms with E-state index in [1.54, 1.807) is 7.11 Å². The summed E-state index contributed by atoms with van der Waals surface area (Å²) in [5, 5.41) is 5.02. The van der Waals surface area contributed by atoms with Gasteiger partial charge in [0.25, 0.3) is 5.91 Å². The van der Waals surface area contributed by atoms with Crippen molar-refractivity contribution < 1.29 is 9.53 Å². The fraction of sp³-hybridized carbons (Fsp3) is 0.312. The molecular formula is C16H18BrNO2. The number of methoxy groups -OCH3 is 1. The molecule has 2 aromatic carbocycles. The summed E-state index contributed by atoms with van der Waals surface area (Å²) >= 11 is 3.51. The first kappa shape index (κ1) is 15.0. The Morgan fingerprint density at radius 3 is 2.80 bits per heavy atom. The third kappa shape index (κ3) is 3.81. The van der Waals surface area contributed by atoms with Gasteiger partial charge in [0.05, 0.1) is 6.61 Å². The normalized spacial score (nSPS) is 12.3. The Balaban J connectivity index is 2.01. The molecule has 0 aliphatic rings. The molecule has 3 nitrogen and oxygen atoms in total. The van der Waals surface area contributed by atoms with Crippen LogP contribution in [0, 0.1) is 0 Å². The standard InChI is InChI=1S/C16H18BrNO2/c1-20-11-13(17)9-10-18-16(19)15-8-4-6-12-5-2-3-7-14(12)15/h2-8,13H,9-11H2,1H3,(H,18,19). The van der Waals surface area contributed by atoms with Crippen LogP contribution in [0.1, 0.15) is 16.8 Å². The van der Waals surface area contributed by atoms with Crippen molar-refractivity contribution in [2.45, 2.75) is 11.2 Å². The number of hydrogen-bond donors (Lipinski definition) is 1. The molecule has 0 heterocycles. The fourth-order valence-electron chi connectivity index (χ4n) is 2.13. The van der Waals surface area contributed by atoms with Gasteiger partial charge < -0.3 is 10.1 Å². The summed E-state index contributed by atoms with van der Waals surface area (Å²) in [5.74, 6) is -0.0288. The zero-order valence-corrected chi connectivity index (χ0v) is 13.0. The first-order chi connectivity index (χ1) is 9.72. The summed E-state index contributed by atoms with van der Waals surface area (Å²) in [4.78, 5) is 12.5. The van der Waals surface area contributed by atoms with E-state index in [0.29, 0.717) is 13.2 Å². The monoisotopic (exact) mass is 335 g/mol. The van der Waals surface area contributed by atoms with Gasteiger partial charge in [-0.1, -0.05) is 52.3 Å². The fourth-order valence-corrected chi connectivity index (χ4v) is 2.62. The molecule has 2 aromatic rings. The van der Waals surface area contributed by atoms with E-state index in [2.05, 4.69) is 21.2 Å². The topological polar surface area (TPSA) is 38.3 Å². The van der Waals surface area contributed by atoms with E-state index in [0.717, 1.165) is 22.8 Å². The van der Waals surface area contributed by atoms with Crippen molar-refractivity contribution in [3.05, 3.63) is 48.0 Å². The summed E-state index contributed by atoms with van der Waals surface area (Å²) in [6.07, 6.45) is 0.838. The number of nitrogens with one attached hydrogen (secondary N) is 1. The summed E-state index contributed by atoms with van der Waals surface area (Å²) < 4.78 is 5.04. The molecule has 0 saturated carbocycles. The molecule has 106 valence electrons. The number of hydrogen-bond acceptors (Lipinski definition) is 2. The maximum Gasteiger partial charge on any atom is 0.251 e. The highest BCUT2D eigenvalue weighted by atomic mass is 79.9. The number of rotatable bonds is 6. The zero-order chi connectivity index (χ0) is 14.4. The van der Waals surface area contributed by atoms with Crippen LogP contribution in [-0.4, -0.2) is 31.0 Å². The van der Waals surface area contributed by atoms with Crippen molar-refractivity contribution >= 4 is 32.6 Å². The smallest absolute Gasteiger partial charge is 0.251 e. The van der Waals surface area contributed by atoms with E-state index in [4.69, 9.17) is 4.74 Å². The molecule has 1 N–H and O–H groups in total. The molecule has 1 atom stereocenters. The first-order valence-corrected chi connectivity index (χ1v) is 7.53. The van der Waals surface area contributed by atoms with Crippen molar-refractivity contribution in [3.8, 4) is 0 Å². The zero-order valence-electron chi connectivity index (χ0n) is 11.4. The SMILES string of the molecule is COCC(Br)CCNC(=O)c1cccc2ccccc12. The summed E-state index contributed by atoms with van der Waals surface area (Å²) in [5.41, 5.74) is 0.723. The lowest BCUT2D eigenvalue weighted by atomic mass is 10.0. The van der Waals surface area contributed by atoms with Crippen LogP contribution >= 0.6 is 15.9 Å². The third-order valence-corrected chi connectivity index (χ3v) is 3.85. The van der Waals surface area contributed by atoms with Crippen molar-refractivity contribution in [1.29, 1.82) is 0 Å². The molecule has 0 spiro atoms. The average Bonchev–Trinajstić information content (AvgIpc) is 2.47. The summed E-state index contributed by atoms with van der Waals surface area (Å²) in [6, 6.07) is 13.7. The summed E-state index contributed by atoms with van der Waals surface area (Å²) in [6.45, 7) is 1.27. The molecule has 0 saturated heterocycles. The lowest BCUT2D eigenvalue weighted by Gasteiger charge is -2.10. The van der Waals surface area contributed by atoms with Gasteiger partial charge in [0.15, 0.2) is 0 Å². The number of benzene rings is 2. The van der Waals surface area contributed by atoms with E-state index in [1.165, 1.54) is 0 Å². The number of ether oxygens (including phenoxy) is 1. The molecule has 0 bridgehead atoms. The van der Waals surface area contributed by atoms with E-state index < -0.39 is 0 Å². The quantitative estimate of drug-likeness (QED) is 0.822. The molecule has 0 radical (unpaired) electrons. The van der Waals surface area contributed by atoms with Gasteiger partial charge in [-0.15, -0.1) is 0 Å². The Morgan fingerprint density at radius 1 is 1.25 bits per heavy atom. The number of halogens is 1. The minimum atomic E-state index is -0.0288. The highest BCUT2D eigenvalue weighted by molar-refractivity contribution is 9.09. The lowest BCUT2D eigenvalue weighted by molar-refractivity contribution is 0.0953. The van der Waals surface area contributed by atoms with E-state index >= 15 is 0 Å². The molecule has 1 amide bonds. The predicted octanol–water partition coefficient (Wildman–Crippen LogP) is 3.37. The molecule has 20 heavy (non-hydrogen) atoms. The van der Waals surface area contributed by atoms with Crippen LogP contribution in [0.2, 0.25) is 0 Å². The van der Waals surface area contributed by atoms with Crippen molar-refractivity contribution in [2.75, 3.05) is 20.3 Å². The van der Waals surface area contributed by atoms with Crippen LogP contribution in [0.15, 0.2) is 42.5 Å². The van der Waals surface area contributed by atoms with Crippen LogP contribution in [-0.2, 0) is 4.74 Å². The van der Waals surface area contributed by atoms with Gasteiger partial charge >= 0.3 is 0 Å². The first-order valence-electron chi connectivity index (χ1n) is 6.61. The number of carbonyl (C=O) groups excluding carboxylic acids is 1. The minimum absolute atomic E-state index is 0.0288. The molecule has 0 aromatic heterocycles. The highest BCUT2D eigenvalue weighted by Crippen LogP contribution is 2.18. The molecule has 2 rings (SSSR count). The second-order valence-electron chi connectivity index (χ2n) is 4.62. The second kappa shape index (κ2) is 7.41. The van der Waals surface area contributed by atoms with Gasteiger partial charge in [-0.2, -0.15) is 0 Å². The Morgan fingerprint density at radius 2 is 2.00 bits per heavy atom. The number of fused-ring (bicyclic) bond motifs is 1. The van der Waals surface area contributed by atoms with Gasteiger partial charge in [0.2, 0.25) is 0 Å². The molecule has 0 aliphatic heterocycles. The highest BCUT2D eigenvalue weighted by Gasteiger charge is 2.10. The van der Waals surface area contributed by atoms with E-state index in [9.17, 15) is 4.79 Å². The molecule has 4 heteroatoms. The van der Waals surface area contributed by atoms with Crippen LogP contribution in [0.5, 0.6) is 0 Å². The number of carbonyl (C=O) groups is 1. The van der Waals surface area contributed by atoms with Crippen LogP contribution in [0.4, 0.5) is 0 Å². The third-order valence-electron chi connectivity index (χ3n) is 3.12. The Labute approximate surface area is 127 Å². The van der Waals surface area contributed by atoms with Gasteiger partial charge in [-0.25, -0.2) is 0 Å². The van der Waals surface area contributed by atoms with Crippen molar-refractivity contribution in [2.24, 2.45) is 0 Å². The van der Waals surface area contributed by atoms with Crippen molar-refractivity contribution in [1.82, 2.24) is 5.32 Å². The average molecular weight is 336 g/mol. The van der Waals surface area contributed by atoms with Crippen LogP contribution in [0.25, 0.3) is 10.8 Å². The summed E-state index contributed by atoms with van der Waals surface area (Å²) in [7, 11) is 1.67. The predicted molar refractivity (Wildman–Crippen MR) is 85.5 cm³/mol.